The monoisotopic (exact) mass is 186 g/mol. The van der Waals surface area contributed by atoms with Crippen molar-refractivity contribution >= 4 is 6.09 Å². The lowest BCUT2D eigenvalue weighted by atomic mass is 9.87. The van der Waals surface area contributed by atoms with Gasteiger partial charge in [-0.15, -0.1) is 0 Å². The fraction of sp³-hybridized carbons (Fsp3) is 0.889. The Morgan fingerprint density at radius 1 is 1.46 bits per heavy atom. The second-order valence-electron chi connectivity index (χ2n) is 4.49. The van der Waals surface area contributed by atoms with E-state index in [9.17, 15) is 4.79 Å². The van der Waals surface area contributed by atoms with Crippen molar-refractivity contribution in [2.75, 3.05) is 0 Å². The second-order valence-corrected chi connectivity index (χ2v) is 4.49. The number of alkyl carbamates (subject to hydrolysis) is 1. The molecule has 0 spiro atoms. The highest BCUT2D eigenvalue weighted by Gasteiger charge is 2.30. The maximum atomic E-state index is 11.2. The van der Waals surface area contributed by atoms with Crippen LogP contribution in [-0.4, -0.2) is 23.8 Å². The van der Waals surface area contributed by atoms with E-state index in [0.29, 0.717) is 0 Å². The molecule has 0 saturated heterocycles. The number of carbonyl (C=O) groups is 1. The van der Waals surface area contributed by atoms with Crippen LogP contribution in [0.25, 0.3) is 0 Å². The molecule has 1 rings (SSSR count). The van der Waals surface area contributed by atoms with Crippen LogP contribution in [0.15, 0.2) is 0 Å². The summed E-state index contributed by atoms with van der Waals surface area (Å²) in [5.41, 5.74) is 5.23. The predicted molar refractivity (Wildman–Crippen MR) is 50.4 cm³/mol. The molecule has 2 atom stereocenters. The van der Waals surface area contributed by atoms with Crippen LogP contribution in [0.1, 0.15) is 33.6 Å². The third-order valence-corrected chi connectivity index (χ3v) is 2.03. The van der Waals surface area contributed by atoms with E-state index >= 15 is 0 Å². The molecule has 0 aromatic carbocycles. The van der Waals surface area contributed by atoms with Gasteiger partial charge in [-0.25, -0.2) is 4.79 Å². The maximum Gasteiger partial charge on any atom is 0.407 e. The molecular formula is C9H18N2O2. The van der Waals surface area contributed by atoms with E-state index in [1.165, 1.54) is 0 Å². The van der Waals surface area contributed by atoms with Crippen LogP contribution < -0.4 is 11.1 Å². The van der Waals surface area contributed by atoms with Crippen LogP contribution in [0.3, 0.4) is 0 Å². The number of rotatable bonds is 1. The van der Waals surface area contributed by atoms with E-state index in [2.05, 4.69) is 5.32 Å². The van der Waals surface area contributed by atoms with E-state index in [0.717, 1.165) is 12.8 Å². The van der Waals surface area contributed by atoms with Crippen molar-refractivity contribution in [1.29, 1.82) is 0 Å². The van der Waals surface area contributed by atoms with Gasteiger partial charge in [0.1, 0.15) is 5.60 Å². The molecule has 1 saturated carbocycles. The summed E-state index contributed by atoms with van der Waals surface area (Å²) in [4.78, 5) is 11.2. The summed E-state index contributed by atoms with van der Waals surface area (Å²) < 4.78 is 5.09. The van der Waals surface area contributed by atoms with Gasteiger partial charge < -0.3 is 15.8 Å². The molecule has 0 aromatic rings. The Morgan fingerprint density at radius 2 is 2.08 bits per heavy atom. The molecule has 1 aliphatic carbocycles. The maximum absolute atomic E-state index is 11.2. The largest absolute Gasteiger partial charge is 0.444 e. The van der Waals surface area contributed by atoms with E-state index in [4.69, 9.17) is 10.5 Å². The van der Waals surface area contributed by atoms with Gasteiger partial charge in [0.05, 0.1) is 0 Å². The zero-order valence-corrected chi connectivity index (χ0v) is 8.46. The first-order valence-electron chi connectivity index (χ1n) is 4.63. The summed E-state index contributed by atoms with van der Waals surface area (Å²) in [7, 11) is 0. The topological polar surface area (TPSA) is 64.3 Å². The van der Waals surface area contributed by atoms with Crippen molar-refractivity contribution in [3.8, 4) is 0 Å². The molecule has 3 N–H and O–H groups in total. The van der Waals surface area contributed by atoms with Gasteiger partial charge in [-0.2, -0.15) is 0 Å². The Kier molecular flexibility index (Phi) is 2.81. The molecule has 1 fully saturated rings. The second kappa shape index (κ2) is 3.54. The van der Waals surface area contributed by atoms with Crippen LogP contribution in [0.5, 0.6) is 0 Å². The SMILES string of the molecule is CC(C)(C)OC(=O)N[C@@H]1CCC1N. The molecule has 1 amide bonds. The number of nitrogens with two attached hydrogens (primary N) is 1. The lowest BCUT2D eigenvalue weighted by Gasteiger charge is -2.34. The fourth-order valence-corrected chi connectivity index (χ4v) is 1.16. The normalized spacial score (nSPS) is 27.7. The summed E-state index contributed by atoms with van der Waals surface area (Å²) in [6.07, 6.45) is 1.58. The highest BCUT2D eigenvalue weighted by atomic mass is 16.6. The summed E-state index contributed by atoms with van der Waals surface area (Å²) in [5.74, 6) is 0. The predicted octanol–water partition coefficient (Wildman–Crippen LogP) is 1.00. The molecule has 4 heteroatoms. The van der Waals surface area contributed by atoms with Gasteiger partial charge in [-0.05, 0) is 33.6 Å². The zero-order valence-electron chi connectivity index (χ0n) is 8.46. The smallest absolute Gasteiger partial charge is 0.407 e. The van der Waals surface area contributed by atoms with Gasteiger partial charge in [-0.1, -0.05) is 0 Å². The Morgan fingerprint density at radius 3 is 2.38 bits per heavy atom. The van der Waals surface area contributed by atoms with Crippen LogP contribution in [-0.2, 0) is 4.74 Å². The zero-order chi connectivity index (χ0) is 10.1. The third-order valence-electron chi connectivity index (χ3n) is 2.03. The number of hydrogen-bond donors (Lipinski definition) is 2. The van der Waals surface area contributed by atoms with E-state index in [-0.39, 0.29) is 18.2 Å². The fourth-order valence-electron chi connectivity index (χ4n) is 1.16. The number of ether oxygens (including phenoxy) is 1. The summed E-state index contributed by atoms with van der Waals surface area (Å²) in [5, 5.41) is 2.74. The van der Waals surface area contributed by atoms with Crippen molar-refractivity contribution in [1.82, 2.24) is 5.32 Å². The quantitative estimate of drug-likeness (QED) is 0.642. The average Bonchev–Trinajstić information content (AvgIpc) is 1.94. The van der Waals surface area contributed by atoms with Gasteiger partial charge in [-0.3, -0.25) is 0 Å². The minimum absolute atomic E-state index is 0.104. The van der Waals surface area contributed by atoms with Crippen molar-refractivity contribution in [3.63, 3.8) is 0 Å². The van der Waals surface area contributed by atoms with Crippen LogP contribution in [0, 0.1) is 0 Å². The van der Waals surface area contributed by atoms with E-state index in [1.807, 2.05) is 20.8 Å². The van der Waals surface area contributed by atoms with Crippen molar-refractivity contribution in [3.05, 3.63) is 0 Å². The van der Waals surface area contributed by atoms with Crippen molar-refractivity contribution in [2.24, 2.45) is 5.73 Å². The number of carbonyl (C=O) groups excluding carboxylic acids is 1. The van der Waals surface area contributed by atoms with E-state index < -0.39 is 5.60 Å². The molecule has 76 valence electrons. The first-order valence-corrected chi connectivity index (χ1v) is 4.63. The van der Waals surface area contributed by atoms with Gasteiger partial charge >= 0.3 is 6.09 Å². The first-order chi connectivity index (χ1) is 5.88. The highest BCUT2D eigenvalue weighted by Crippen LogP contribution is 2.18. The molecule has 1 unspecified atom stereocenters. The Labute approximate surface area is 78.8 Å². The molecule has 0 radical (unpaired) electrons. The first kappa shape index (κ1) is 10.3. The van der Waals surface area contributed by atoms with Gasteiger partial charge in [0.15, 0.2) is 0 Å². The Bertz CT molecular complexity index is 198. The van der Waals surface area contributed by atoms with Crippen molar-refractivity contribution < 1.29 is 9.53 Å². The molecule has 0 aromatic heterocycles. The molecule has 0 bridgehead atoms. The van der Waals surface area contributed by atoms with Crippen LogP contribution in [0.2, 0.25) is 0 Å². The minimum Gasteiger partial charge on any atom is -0.444 e. The van der Waals surface area contributed by atoms with Crippen LogP contribution >= 0.6 is 0 Å². The standard InChI is InChI=1S/C9H18N2O2/c1-9(2,3)13-8(12)11-7-5-4-6(7)10/h6-7H,4-5,10H2,1-3H3,(H,11,12)/t6?,7-/m1/s1. The van der Waals surface area contributed by atoms with Gasteiger partial charge in [0.2, 0.25) is 0 Å². The summed E-state index contributed by atoms with van der Waals surface area (Å²) >= 11 is 0. The summed E-state index contributed by atoms with van der Waals surface area (Å²) in [6, 6.07) is 0.211. The lowest BCUT2D eigenvalue weighted by Crippen LogP contribution is -2.55. The lowest BCUT2D eigenvalue weighted by molar-refractivity contribution is 0.0467. The minimum atomic E-state index is -0.433. The van der Waals surface area contributed by atoms with Crippen LogP contribution in [0.4, 0.5) is 4.79 Å². The molecule has 4 nitrogen and oxygen atoms in total. The molecular weight excluding hydrogens is 168 g/mol. The summed E-state index contributed by atoms with van der Waals surface area (Å²) in [6.45, 7) is 5.52. The Balaban J connectivity index is 2.25. The Hall–Kier alpha value is -0.770. The number of nitrogens with one attached hydrogen (secondary N) is 1. The molecule has 13 heavy (non-hydrogen) atoms. The van der Waals surface area contributed by atoms with E-state index in [1.54, 1.807) is 0 Å². The average molecular weight is 186 g/mol. The van der Waals surface area contributed by atoms with Gasteiger partial charge in [0.25, 0.3) is 0 Å². The molecule has 1 aliphatic rings. The number of hydrogen-bond acceptors (Lipinski definition) is 3. The number of amides is 1. The molecule has 0 heterocycles. The van der Waals surface area contributed by atoms with Crippen molar-refractivity contribution in [2.45, 2.75) is 51.3 Å². The van der Waals surface area contributed by atoms with Gasteiger partial charge in [0, 0.05) is 12.1 Å². The molecule has 0 aliphatic heterocycles. The third kappa shape index (κ3) is 3.22. The highest BCUT2D eigenvalue weighted by molar-refractivity contribution is 5.68.